The normalized spacial score (nSPS) is 18.2. The molecule has 148 valence electrons. The van der Waals surface area contributed by atoms with E-state index in [9.17, 15) is 18.0 Å². The largest absolute Gasteiger partial charge is 0.408 e. The van der Waals surface area contributed by atoms with Crippen molar-refractivity contribution < 1.29 is 22.7 Å². The molecule has 1 atom stereocenters. The fourth-order valence-corrected chi connectivity index (χ4v) is 3.34. The van der Waals surface area contributed by atoms with E-state index in [0.29, 0.717) is 35.8 Å². The fraction of sp³-hybridized carbons (Fsp3) is 0.625. The van der Waals surface area contributed by atoms with Crippen molar-refractivity contribution in [3.8, 4) is 0 Å². The zero-order valence-electron chi connectivity index (χ0n) is 15.5. The Bertz CT molecular complexity index is 857. The van der Waals surface area contributed by atoms with Gasteiger partial charge in [0, 0.05) is 24.8 Å². The highest BCUT2D eigenvalue weighted by molar-refractivity contribution is 5.93. The summed E-state index contributed by atoms with van der Waals surface area (Å²) in [5.74, 6) is -0.323. The number of ether oxygens (including phenoxy) is 1. The highest BCUT2D eigenvalue weighted by Crippen LogP contribution is 2.32. The van der Waals surface area contributed by atoms with Crippen molar-refractivity contribution in [1.82, 2.24) is 29.7 Å². The second-order valence-corrected chi connectivity index (χ2v) is 6.59. The molecule has 1 aliphatic rings. The topological polar surface area (TPSA) is 78.1 Å². The van der Waals surface area contributed by atoms with E-state index in [1.165, 1.54) is 4.68 Å². The van der Waals surface area contributed by atoms with E-state index in [-0.39, 0.29) is 18.2 Å². The third-order valence-corrected chi connectivity index (χ3v) is 4.80. The number of aryl methyl sites for hydroxylation is 2. The quantitative estimate of drug-likeness (QED) is 0.803. The number of carbonyl (C=O) groups excluding carboxylic acids is 1. The van der Waals surface area contributed by atoms with E-state index in [1.807, 2.05) is 0 Å². The van der Waals surface area contributed by atoms with Crippen LogP contribution in [-0.2, 0) is 18.3 Å². The summed E-state index contributed by atoms with van der Waals surface area (Å²) in [6, 6.07) is -0.533. The lowest BCUT2D eigenvalue weighted by Crippen LogP contribution is -2.44. The average Bonchev–Trinajstić information content (AvgIpc) is 3.05. The van der Waals surface area contributed by atoms with Crippen molar-refractivity contribution in [2.45, 2.75) is 39.5 Å². The molecule has 2 aromatic rings. The third-order valence-electron chi connectivity index (χ3n) is 4.80. The van der Waals surface area contributed by atoms with Crippen LogP contribution in [0.4, 0.5) is 13.2 Å². The van der Waals surface area contributed by atoms with Crippen LogP contribution >= 0.6 is 0 Å². The number of carbonyl (C=O) groups is 1. The van der Waals surface area contributed by atoms with Gasteiger partial charge in [-0.05, 0) is 20.8 Å². The molecule has 1 aliphatic heterocycles. The van der Waals surface area contributed by atoms with Gasteiger partial charge in [-0.15, -0.1) is 5.10 Å². The van der Waals surface area contributed by atoms with E-state index in [4.69, 9.17) is 4.74 Å². The van der Waals surface area contributed by atoms with E-state index in [1.54, 1.807) is 32.7 Å². The van der Waals surface area contributed by atoms with Gasteiger partial charge < -0.3 is 9.64 Å². The number of halogens is 3. The molecule has 11 heteroatoms. The lowest BCUT2D eigenvalue weighted by atomic mass is 10.0. The molecule has 3 heterocycles. The molecule has 27 heavy (non-hydrogen) atoms. The molecule has 0 aromatic carbocycles. The van der Waals surface area contributed by atoms with Crippen LogP contribution in [0.25, 0.3) is 0 Å². The molecule has 0 N–H and O–H groups in total. The van der Waals surface area contributed by atoms with Crippen molar-refractivity contribution in [3.63, 3.8) is 0 Å². The summed E-state index contributed by atoms with van der Waals surface area (Å²) in [7, 11) is 1.69. The first-order valence-corrected chi connectivity index (χ1v) is 8.45. The maximum Gasteiger partial charge on any atom is 0.408 e. The molecule has 2 aromatic heterocycles. The van der Waals surface area contributed by atoms with Gasteiger partial charge in [0.05, 0.1) is 30.6 Å². The van der Waals surface area contributed by atoms with Crippen LogP contribution in [0.15, 0.2) is 0 Å². The molecule has 3 rings (SSSR count). The van der Waals surface area contributed by atoms with Crippen molar-refractivity contribution in [2.24, 2.45) is 7.05 Å². The first-order valence-electron chi connectivity index (χ1n) is 8.45. The molecule has 0 saturated carbocycles. The lowest BCUT2D eigenvalue weighted by molar-refractivity contribution is -0.143. The number of amides is 1. The molecule has 0 radical (unpaired) electrons. The molecule has 1 fully saturated rings. The molecule has 8 nitrogen and oxygen atoms in total. The lowest BCUT2D eigenvalue weighted by Gasteiger charge is -2.35. The predicted octanol–water partition coefficient (Wildman–Crippen LogP) is 1.71. The average molecular weight is 386 g/mol. The Kier molecular flexibility index (Phi) is 4.98. The second-order valence-electron chi connectivity index (χ2n) is 6.59. The minimum absolute atomic E-state index is 0.185. The Hall–Kier alpha value is -2.43. The smallest absolute Gasteiger partial charge is 0.377 e. The molecular formula is C16H21F3N6O2. The molecule has 1 amide bonds. The fourth-order valence-electron chi connectivity index (χ4n) is 3.34. The van der Waals surface area contributed by atoms with Gasteiger partial charge in [-0.3, -0.25) is 14.2 Å². The number of alkyl halides is 3. The van der Waals surface area contributed by atoms with E-state index in [2.05, 4.69) is 15.4 Å². The molecule has 1 unspecified atom stereocenters. The number of nitrogens with zero attached hydrogens (tertiary/aromatic N) is 6. The van der Waals surface area contributed by atoms with Gasteiger partial charge >= 0.3 is 6.18 Å². The monoisotopic (exact) mass is 386 g/mol. The van der Waals surface area contributed by atoms with Gasteiger partial charge in [0.25, 0.3) is 5.91 Å². The van der Waals surface area contributed by atoms with Crippen molar-refractivity contribution in [3.05, 3.63) is 28.3 Å². The minimum Gasteiger partial charge on any atom is -0.377 e. The van der Waals surface area contributed by atoms with Crippen LogP contribution in [-0.4, -0.2) is 61.5 Å². The number of hydrogen-bond donors (Lipinski definition) is 0. The van der Waals surface area contributed by atoms with Crippen LogP contribution in [0.1, 0.15) is 39.2 Å². The first kappa shape index (κ1) is 19.3. The van der Waals surface area contributed by atoms with Gasteiger partial charge in [-0.2, -0.15) is 18.3 Å². The number of rotatable bonds is 3. The van der Waals surface area contributed by atoms with Crippen LogP contribution in [0.5, 0.6) is 0 Å². The van der Waals surface area contributed by atoms with Crippen molar-refractivity contribution >= 4 is 5.91 Å². The van der Waals surface area contributed by atoms with Gasteiger partial charge in [-0.25, -0.2) is 0 Å². The molecule has 0 aliphatic carbocycles. The summed E-state index contributed by atoms with van der Waals surface area (Å²) in [6.07, 6.45) is -4.38. The SMILES string of the molecule is Cc1nn(CC(F)(F)F)c(C)c1C1COCCN1C(=O)c1nnn(C)c1C. The molecule has 1 saturated heterocycles. The Balaban J connectivity index is 1.97. The summed E-state index contributed by atoms with van der Waals surface area (Å²) in [5.41, 5.74) is 2.23. The molecular weight excluding hydrogens is 365 g/mol. The van der Waals surface area contributed by atoms with E-state index in [0.717, 1.165) is 4.68 Å². The van der Waals surface area contributed by atoms with Crippen LogP contribution < -0.4 is 0 Å². The van der Waals surface area contributed by atoms with Crippen LogP contribution in [0.2, 0.25) is 0 Å². The van der Waals surface area contributed by atoms with Gasteiger partial charge in [0.15, 0.2) is 5.69 Å². The maximum absolute atomic E-state index is 13.0. The zero-order chi connectivity index (χ0) is 19.9. The molecule has 0 spiro atoms. The summed E-state index contributed by atoms with van der Waals surface area (Å²) < 4.78 is 46.4. The van der Waals surface area contributed by atoms with Crippen molar-refractivity contribution in [1.29, 1.82) is 0 Å². The first-order chi connectivity index (χ1) is 12.6. The standard InChI is InChI=1S/C16H21F3N6O2/c1-9-13(10(2)25(21-9)8-16(17,18)19)12-7-27-6-5-24(12)15(26)14-11(3)23(4)22-20-14/h12H,5-8H2,1-4H3. The number of hydrogen-bond acceptors (Lipinski definition) is 5. The predicted molar refractivity (Wildman–Crippen MR) is 88.1 cm³/mol. The van der Waals surface area contributed by atoms with Gasteiger partial charge in [-0.1, -0.05) is 5.21 Å². The van der Waals surface area contributed by atoms with Gasteiger partial charge in [0.1, 0.15) is 6.54 Å². The van der Waals surface area contributed by atoms with Crippen LogP contribution in [0.3, 0.4) is 0 Å². The zero-order valence-corrected chi connectivity index (χ0v) is 15.5. The highest BCUT2D eigenvalue weighted by atomic mass is 19.4. The Morgan fingerprint density at radius 2 is 1.96 bits per heavy atom. The Morgan fingerprint density at radius 3 is 2.56 bits per heavy atom. The highest BCUT2D eigenvalue weighted by Gasteiger charge is 2.36. The minimum atomic E-state index is -4.38. The van der Waals surface area contributed by atoms with Gasteiger partial charge in [0.2, 0.25) is 0 Å². The number of morpholine rings is 1. The number of aromatic nitrogens is 5. The van der Waals surface area contributed by atoms with E-state index < -0.39 is 18.8 Å². The summed E-state index contributed by atoms with van der Waals surface area (Å²) in [6.45, 7) is 4.61. The summed E-state index contributed by atoms with van der Waals surface area (Å²) >= 11 is 0. The maximum atomic E-state index is 13.0. The Labute approximate surface area is 153 Å². The van der Waals surface area contributed by atoms with Crippen molar-refractivity contribution in [2.75, 3.05) is 19.8 Å². The summed E-state index contributed by atoms with van der Waals surface area (Å²) in [4.78, 5) is 14.6. The second kappa shape index (κ2) is 6.95. The van der Waals surface area contributed by atoms with E-state index >= 15 is 0 Å². The molecule has 0 bridgehead atoms. The summed E-state index contributed by atoms with van der Waals surface area (Å²) in [5, 5.41) is 11.8. The third kappa shape index (κ3) is 3.68. The van der Waals surface area contributed by atoms with Crippen LogP contribution in [0, 0.1) is 20.8 Å². The Morgan fingerprint density at radius 1 is 1.26 bits per heavy atom.